The van der Waals surface area contributed by atoms with Gasteiger partial charge in [0, 0.05) is 17.8 Å². The van der Waals surface area contributed by atoms with E-state index in [0.717, 1.165) is 28.8 Å². The van der Waals surface area contributed by atoms with E-state index in [0.29, 0.717) is 23.4 Å². The van der Waals surface area contributed by atoms with Crippen molar-refractivity contribution in [1.29, 1.82) is 0 Å². The number of amides is 2. The van der Waals surface area contributed by atoms with Gasteiger partial charge < -0.3 is 10.2 Å². The van der Waals surface area contributed by atoms with Crippen LogP contribution in [0.1, 0.15) is 38.2 Å². The molecule has 0 spiro atoms. The molecular formula is C31H27F3N2O2. The Hall–Kier alpha value is -4.39. The largest absolute Gasteiger partial charge is 0.416 e. The van der Waals surface area contributed by atoms with Crippen molar-refractivity contribution in [2.75, 3.05) is 4.90 Å². The number of benzene rings is 4. The molecule has 194 valence electrons. The number of anilines is 1. The van der Waals surface area contributed by atoms with E-state index < -0.39 is 11.7 Å². The van der Waals surface area contributed by atoms with E-state index in [4.69, 9.17) is 0 Å². The molecule has 0 unspecified atom stereocenters. The van der Waals surface area contributed by atoms with E-state index in [1.165, 1.54) is 17.0 Å². The summed E-state index contributed by atoms with van der Waals surface area (Å²) in [6, 6.07) is 28.6. The second-order valence-corrected chi connectivity index (χ2v) is 9.01. The normalized spacial score (nSPS) is 11.2. The monoisotopic (exact) mass is 516 g/mol. The number of halogens is 3. The van der Waals surface area contributed by atoms with Crippen molar-refractivity contribution < 1.29 is 22.8 Å². The molecule has 4 aromatic rings. The molecule has 4 nitrogen and oxygen atoms in total. The predicted molar refractivity (Wildman–Crippen MR) is 142 cm³/mol. The second-order valence-electron chi connectivity index (χ2n) is 9.01. The lowest BCUT2D eigenvalue weighted by molar-refractivity contribution is -0.137. The molecule has 4 rings (SSSR count). The zero-order valence-corrected chi connectivity index (χ0v) is 20.8. The smallest absolute Gasteiger partial charge is 0.352 e. The fraction of sp³-hybridized carbons (Fsp3) is 0.161. The summed E-state index contributed by atoms with van der Waals surface area (Å²) in [7, 11) is 0. The molecule has 38 heavy (non-hydrogen) atoms. The molecule has 0 radical (unpaired) electrons. The van der Waals surface area contributed by atoms with Gasteiger partial charge >= 0.3 is 6.18 Å². The third-order valence-electron chi connectivity index (χ3n) is 6.19. The Bertz CT molecular complexity index is 1380. The SMILES string of the molecule is Cc1ccccc1C(=O)N(Cc1ccc(C(F)(F)F)cc1)c1ccc(CC(=O)NCc2ccccc2)cc1. The van der Waals surface area contributed by atoms with Gasteiger partial charge in [-0.25, -0.2) is 0 Å². The highest BCUT2D eigenvalue weighted by Gasteiger charge is 2.30. The Morgan fingerprint density at radius 2 is 1.34 bits per heavy atom. The van der Waals surface area contributed by atoms with Gasteiger partial charge in [0.1, 0.15) is 0 Å². The molecule has 0 bridgehead atoms. The number of hydrogen-bond donors (Lipinski definition) is 1. The van der Waals surface area contributed by atoms with Crippen LogP contribution in [0.4, 0.5) is 18.9 Å². The summed E-state index contributed by atoms with van der Waals surface area (Å²) in [4.78, 5) is 27.5. The Balaban J connectivity index is 1.52. The van der Waals surface area contributed by atoms with Crippen LogP contribution < -0.4 is 10.2 Å². The first-order chi connectivity index (χ1) is 18.2. The Kier molecular flexibility index (Phi) is 8.26. The highest BCUT2D eigenvalue weighted by Crippen LogP contribution is 2.30. The first-order valence-electron chi connectivity index (χ1n) is 12.1. The first kappa shape index (κ1) is 26.7. The molecule has 1 N–H and O–H groups in total. The molecule has 2 amide bonds. The maximum absolute atomic E-state index is 13.6. The topological polar surface area (TPSA) is 49.4 Å². The summed E-state index contributed by atoms with van der Waals surface area (Å²) in [6.07, 6.45) is -4.25. The minimum Gasteiger partial charge on any atom is -0.352 e. The molecule has 0 atom stereocenters. The Labute approximate surface area is 219 Å². The molecule has 0 aliphatic carbocycles. The third-order valence-corrected chi connectivity index (χ3v) is 6.19. The van der Waals surface area contributed by atoms with Crippen LogP contribution in [0.25, 0.3) is 0 Å². The highest BCUT2D eigenvalue weighted by molar-refractivity contribution is 6.07. The summed E-state index contributed by atoms with van der Waals surface area (Å²) in [5.74, 6) is -0.393. The summed E-state index contributed by atoms with van der Waals surface area (Å²) in [5.41, 5.74) is 3.47. The average molecular weight is 517 g/mol. The molecule has 0 fully saturated rings. The quantitative estimate of drug-likeness (QED) is 0.283. The minimum absolute atomic E-state index is 0.0855. The number of aryl methyl sites for hydroxylation is 1. The molecule has 0 aliphatic heterocycles. The number of rotatable bonds is 8. The Morgan fingerprint density at radius 1 is 0.737 bits per heavy atom. The van der Waals surface area contributed by atoms with Gasteiger partial charge in [-0.3, -0.25) is 9.59 Å². The van der Waals surface area contributed by atoms with Crippen molar-refractivity contribution in [2.45, 2.75) is 32.6 Å². The lowest BCUT2D eigenvalue weighted by Gasteiger charge is -2.24. The van der Waals surface area contributed by atoms with Crippen LogP contribution in [0.15, 0.2) is 103 Å². The lowest BCUT2D eigenvalue weighted by atomic mass is 10.0. The summed E-state index contributed by atoms with van der Waals surface area (Å²) in [6.45, 7) is 2.35. The van der Waals surface area contributed by atoms with Crippen LogP contribution in [0.3, 0.4) is 0 Å². The minimum atomic E-state index is -4.43. The van der Waals surface area contributed by atoms with E-state index in [9.17, 15) is 22.8 Å². The van der Waals surface area contributed by atoms with Gasteiger partial charge in [-0.1, -0.05) is 72.8 Å². The molecule has 7 heteroatoms. The van der Waals surface area contributed by atoms with Crippen molar-refractivity contribution in [3.63, 3.8) is 0 Å². The molecule has 0 heterocycles. The number of nitrogens with zero attached hydrogens (tertiary/aromatic N) is 1. The number of carbonyl (C=O) groups is 2. The van der Waals surface area contributed by atoms with Crippen LogP contribution >= 0.6 is 0 Å². The van der Waals surface area contributed by atoms with E-state index in [-0.39, 0.29) is 24.8 Å². The maximum Gasteiger partial charge on any atom is 0.416 e. The number of alkyl halides is 3. The van der Waals surface area contributed by atoms with E-state index in [1.54, 1.807) is 36.4 Å². The van der Waals surface area contributed by atoms with Gasteiger partial charge in [0.25, 0.3) is 5.91 Å². The van der Waals surface area contributed by atoms with Crippen molar-refractivity contribution >= 4 is 17.5 Å². The van der Waals surface area contributed by atoms with E-state index in [1.807, 2.05) is 49.4 Å². The third kappa shape index (κ3) is 6.88. The maximum atomic E-state index is 13.6. The molecule has 0 aromatic heterocycles. The highest BCUT2D eigenvalue weighted by atomic mass is 19.4. The average Bonchev–Trinajstić information content (AvgIpc) is 2.91. The van der Waals surface area contributed by atoms with Crippen LogP contribution in [-0.2, 0) is 30.5 Å². The molecule has 0 saturated carbocycles. The van der Waals surface area contributed by atoms with Crippen molar-refractivity contribution in [2.24, 2.45) is 0 Å². The summed E-state index contributed by atoms with van der Waals surface area (Å²) in [5, 5.41) is 2.89. The molecule has 0 saturated heterocycles. The van der Waals surface area contributed by atoms with Crippen molar-refractivity contribution in [3.05, 3.63) is 137 Å². The van der Waals surface area contributed by atoms with Gasteiger partial charge in [-0.15, -0.1) is 0 Å². The van der Waals surface area contributed by atoms with Gasteiger partial charge in [0.05, 0.1) is 18.5 Å². The molecular weight excluding hydrogens is 489 g/mol. The first-order valence-corrected chi connectivity index (χ1v) is 12.1. The molecule has 4 aromatic carbocycles. The fourth-order valence-electron chi connectivity index (χ4n) is 4.06. The van der Waals surface area contributed by atoms with Crippen molar-refractivity contribution in [1.82, 2.24) is 5.32 Å². The van der Waals surface area contributed by atoms with Crippen molar-refractivity contribution in [3.8, 4) is 0 Å². The van der Waals surface area contributed by atoms with Gasteiger partial charge in [0.15, 0.2) is 0 Å². The summed E-state index contributed by atoms with van der Waals surface area (Å²) >= 11 is 0. The van der Waals surface area contributed by atoms with Crippen LogP contribution in [0.5, 0.6) is 0 Å². The van der Waals surface area contributed by atoms with Gasteiger partial charge in [-0.2, -0.15) is 13.2 Å². The zero-order chi connectivity index (χ0) is 27.1. The standard InChI is InChI=1S/C31H27F3N2O2/c1-22-7-5-6-10-28(22)30(38)36(21-25-11-15-26(16-12-25)31(32,33)34)27-17-13-23(14-18-27)19-29(37)35-20-24-8-3-2-4-9-24/h2-18H,19-21H2,1H3,(H,35,37). The number of carbonyl (C=O) groups excluding carboxylic acids is 2. The lowest BCUT2D eigenvalue weighted by Crippen LogP contribution is -2.31. The fourth-order valence-corrected chi connectivity index (χ4v) is 4.06. The summed E-state index contributed by atoms with van der Waals surface area (Å²) < 4.78 is 39.0. The van der Waals surface area contributed by atoms with E-state index in [2.05, 4.69) is 5.32 Å². The molecule has 0 aliphatic rings. The Morgan fingerprint density at radius 3 is 1.97 bits per heavy atom. The zero-order valence-electron chi connectivity index (χ0n) is 20.8. The van der Waals surface area contributed by atoms with Gasteiger partial charge in [0.2, 0.25) is 5.91 Å². The van der Waals surface area contributed by atoms with Crippen LogP contribution in [0, 0.1) is 6.92 Å². The van der Waals surface area contributed by atoms with E-state index >= 15 is 0 Å². The van der Waals surface area contributed by atoms with Crippen LogP contribution in [-0.4, -0.2) is 11.8 Å². The number of nitrogens with one attached hydrogen (secondary N) is 1. The predicted octanol–water partition coefficient (Wildman–Crippen LogP) is 6.72. The van der Waals surface area contributed by atoms with Gasteiger partial charge in [-0.05, 0) is 59.5 Å². The number of hydrogen-bond acceptors (Lipinski definition) is 2. The van der Waals surface area contributed by atoms with Crippen LogP contribution in [0.2, 0.25) is 0 Å². The second kappa shape index (κ2) is 11.8.